The molecule has 0 amide bonds. The highest BCUT2D eigenvalue weighted by molar-refractivity contribution is 7.91. The van der Waals surface area contributed by atoms with Gasteiger partial charge in [0, 0.05) is 11.4 Å². The second kappa shape index (κ2) is 7.01. The minimum atomic E-state index is -3.82. The molecule has 0 spiro atoms. The lowest BCUT2D eigenvalue weighted by Gasteiger charge is -2.25. The quantitative estimate of drug-likeness (QED) is 0.715. The number of sulfonamides is 1. The Balaban J connectivity index is 1.75. The van der Waals surface area contributed by atoms with Crippen LogP contribution in [0.15, 0.2) is 70.9 Å². The van der Waals surface area contributed by atoms with Crippen molar-refractivity contribution in [3.8, 4) is 10.4 Å². The summed E-state index contributed by atoms with van der Waals surface area (Å²) < 4.78 is 27.8. The van der Waals surface area contributed by atoms with Crippen molar-refractivity contribution >= 4 is 27.1 Å². The molecule has 3 aromatic rings. The maximum atomic E-state index is 13.2. The fourth-order valence-corrected chi connectivity index (χ4v) is 6.69. The summed E-state index contributed by atoms with van der Waals surface area (Å²) in [4.78, 5) is 13.3. The van der Waals surface area contributed by atoms with Crippen LogP contribution in [0.2, 0.25) is 0 Å². The molecule has 2 heterocycles. The summed E-state index contributed by atoms with van der Waals surface area (Å²) >= 11 is 1.21. The van der Waals surface area contributed by atoms with Crippen molar-refractivity contribution in [1.82, 2.24) is 4.31 Å². The standard InChI is InChI=1S/C20H17NO4S2/c22-13-17(23)19(15-9-5-2-6-10-15)21-12-16-11-18(14-7-3-1-4-8-14)26-20(16)27(21,24)25/h1-11,19,22H,12-13H2. The van der Waals surface area contributed by atoms with E-state index >= 15 is 0 Å². The lowest BCUT2D eigenvalue weighted by atomic mass is 10.0. The van der Waals surface area contributed by atoms with Crippen LogP contribution in [0.1, 0.15) is 17.2 Å². The van der Waals surface area contributed by atoms with Gasteiger partial charge in [0.1, 0.15) is 16.9 Å². The molecule has 1 unspecified atom stereocenters. The molecule has 1 N–H and O–H groups in total. The van der Waals surface area contributed by atoms with E-state index in [4.69, 9.17) is 0 Å². The molecular formula is C20H17NO4S2. The number of carbonyl (C=O) groups is 1. The Morgan fingerprint density at radius 2 is 1.70 bits per heavy atom. The van der Waals surface area contributed by atoms with Gasteiger partial charge in [-0.1, -0.05) is 60.7 Å². The third-order valence-corrected chi connectivity index (χ3v) is 8.15. The van der Waals surface area contributed by atoms with E-state index in [1.807, 2.05) is 36.4 Å². The molecule has 7 heteroatoms. The number of hydrogen-bond donors (Lipinski definition) is 1. The van der Waals surface area contributed by atoms with Gasteiger partial charge in [-0.2, -0.15) is 4.31 Å². The predicted molar refractivity (Wildman–Crippen MR) is 104 cm³/mol. The number of carbonyl (C=O) groups excluding carboxylic acids is 1. The van der Waals surface area contributed by atoms with E-state index in [1.165, 1.54) is 15.6 Å². The Bertz CT molecular complexity index is 1080. The number of thiophene rings is 1. The van der Waals surface area contributed by atoms with E-state index in [1.54, 1.807) is 30.3 Å². The van der Waals surface area contributed by atoms with Crippen molar-refractivity contribution in [3.63, 3.8) is 0 Å². The van der Waals surface area contributed by atoms with Gasteiger partial charge in [0.25, 0.3) is 10.0 Å². The van der Waals surface area contributed by atoms with Gasteiger partial charge in [-0.15, -0.1) is 11.3 Å². The molecular weight excluding hydrogens is 382 g/mol. The summed E-state index contributed by atoms with van der Waals surface area (Å²) in [5.74, 6) is -0.539. The molecule has 2 aromatic carbocycles. The second-order valence-corrected chi connectivity index (χ2v) is 9.42. The lowest BCUT2D eigenvalue weighted by molar-refractivity contribution is -0.125. The molecule has 0 aliphatic carbocycles. The largest absolute Gasteiger partial charge is 0.389 e. The molecule has 0 saturated heterocycles. The molecule has 0 fully saturated rings. The Kier molecular flexibility index (Phi) is 4.69. The zero-order valence-electron chi connectivity index (χ0n) is 14.3. The van der Waals surface area contributed by atoms with Gasteiger partial charge in [-0.25, -0.2) is 8.42 Å². The summed E-state index contributed by atoms with van der Waals surface area (Å²) in [5, 5.41) is 9.39. The van der Waals surface area contributed by atoms with Crippen molar-refractivity contribution in [3.05, 3.63) is 77.9 Å². The van der Waals surface area contributed by atoms with Crippen LogP contribution in [0.25, 0.3) is 10.4 Å². The Hall–Kier alpha value is -2.32. The molecule has 0 bridgehead atoms. The molecule has 0 radical (unpaired) electrons. The minimum absolute atomic E-state index is 0.117. The van der Waals surface area contributed by atoms with Gasteiger partial charge in [0.05, 0.1) is 0 Å². The summed E-state index contributed by atoms with van der Waals surface area (Å²) in [5.41, 5.74) is 2.20. The van der Waals surface area contributed by atoms with Crippen molar-refractivity contribution in [2.45, 2.75) is 16.8 Å². The first-order valence-corrected chi connectivity index (χ1v) is 10.7. The van der Waals surface area contributed by atoms with Gasteiger partial charge in [0.2, 0.25) is 0 Å². The van der Waals surface area contributed by atoms with Crippen molar-refractivity contribution in [1.29, 1.82) is 0 Å². The van der Waals surface area contributed by atoms with E-state index < -0.39 is 28.5 Å². The third kappa shape index (κ3) is 3.12. The van der Waals surface area contributed by atoms with E-state index in [0.29, 0.717) is 11.1 Å². The molecule has 1 aliphatic heterocycles. The predicted octanol–water partition coefficient (Wildman–Crippen LogP) is 3.22. The zero-order valence-corrected chi connectivity index (χ0v) is 15.9. The molecule has 27 heavy (non-hydrogen) atoms. The lowest BCUT2D eigenvalue weighted by Crippen LogP contribution is -2.35. The highest BCUT2D eigenvalue weighted by Gasteiger charge is 2.44. The average molecular weight is 399 g/mol. The van der Waals surface area contributed by atoms with Crippen molar-refractivity contribution in [2.24, 2.45) is 0 Å². The number of fused-ring (bicyclic) bond motifs is 1. The highest BCUT2D eigenvalue weighted by atomic mass is 32.2. The van der Waals surface area contributed by atoms with Crippen LogP contribution < -0.4 is 0 Å². The molecule has 0 saturated carbocycles. The summed E-state index contributed by atoms with van der Waals surface area (Å²) in [6.07, 6.45) is 0. The van der Waals surface area contributed by atoms with Gasteiger partial charge in [-0.3, -0.25) is 4.79 Å². The van der Waals surface area contributed by atoms with Gasteiger partial charge in [0.15, 0.2) is 5.78 Å². The van der Waals surface area contributed by atoms with Crippen LogP contribution in [0.5, 0.6) is 0 Å². The van der Waals surface area contributed by atoms with E-state index in [-0.39, 0.29) is 10.8 Å². The Morgan fingerprint density at radius 1 is 1.07 bits per heavy atom. The van der Waals surface area contributed by atoms with Gasteiger partial charge < -0.3 is 5.11 Å². The van der Waals surface area contributed by atoms with Crippen LogP contribution in [0, 0.1) is 0 Å². The first-order chi connectivity index (χ1) is 13.0. The number of benzene rings is 2. The van der Waals surface area contributed by atoms with Crippen LogP contribution >= 0.6 is 11.3 Å². The number of rotatable bonds is 5. The Morgan fingerprint density at radius 3 is 2.30 bits per heavy atom. The number of aliphatic hydroxyl groups is 1. The first kappa shape index (κ1) is 18.1. The Labute approximate surface area is 161 Å². The molecule has 5 nitrogen and oxygen atoms in total. The normalized spacial score (nSPS) is 16.8. The number of hydrogen-bond acceptors (Lipinski definition) is 5. The highest BCUT2D eigenvalue weighted by Crippen LogP contribution is 2.44. The van der Waals surface area contributed by atoms with Crippen molar-refractivity contribution < 1.29 is 18.3 Å². The number of aliphatic hydroxyl groups excluding tert-OH is 1. The second-order valence-electron chi connectivity index (χ2n) is 6.28. The van der Waals surface area contributed by atoms with Crippen LogP contribution in [0.4, 0.5) is 0 Å². The minimum Gasteiger partial charge on any atom is -0.389 e. The SMILES string of the molecule is O=C(CO)C(c1ccccc1)N1Cc2cc(-c3ccccc3)sc2S1(=O)=O. The summed E-state index contributed by atoms with van der Waals surface area (Å²) in [7, 11) is -3.82. The topological polar surface area (TPSA) is 74.7 Å². The van der Waals surface area contributed by atoms with Gasteiger partial charge >= 0.3 is 0 Å². The number of Topliss-reactive ketones (excluding diaryl/α,β-unsaturated/α-hetero) is 1. The summed E-state index contributed by atoms with van der Waals surface area (Å²) in [6, 6.07) is 19.2. The zero-order chi connectivity index (χ0) is 19.0. The van der Waals surface area contributed by atoms with Crippen LogP contribution in [0.3, 0.4) is 0 Å². The molecule has 4 rings (SSSR count). The van der Waals surface area contributed by atoms with Crippen LogP contribution in [-0.4, -0.2) is 30.2 Å². The maximum absolute atomic E-state index is 13.2. The molecule has 1 atom stereocenters. The number of nitrogens with zero attached hydrogens (tertiary/aromatic N) is 1. The molecule has 1 aromatic heterocycles. The summed E-state index contributed by atoms with van der Waals surface area (Å²) in [6.45, 7) is -0.596. The van der Waals surface area contributed by atoms with Crippen molar-refractivity contribution in [2.75, 3.05) is 6.61 Å². The first-order valence-electron chi connectivity index (χ1n) is 8.41. The fraction of sp³-hybridized carbons (Fsp3) is 0.150. The van der Waals surface area contributed by atoms with E-state index in [9.17, 15) is 18.3 Å². The van der Waals surface area contributed by atoms with E-state index in [0.717, 1.165) is 10.4 Å². The van der Waals surface area contributed by atoms with E-state index in [2.05, 4.69) is 0 Å². The average Bonchev–Trinajstić information content (AvgIpc) is 3.22. The monoisotopic (exact) mass is 399 g/mol. The fourth-order valence-electron chi connectivity index (χ4n) is 3.31. The smallest absolute Gasteiger partial charge is 0.254 e. The van der Waals surface area contributed by atoms with Crippen LogP contribution in [-0.2, 0) is 21.4 Å². The third-order valence-electron chi connectivity index (χ3n) is 4.56. The van der Waals surface area contributed by atoms with Gasteiger partial charge in [-0.05, 0) is 22.8 Å². The molecule has 138 valence electrons. The maximum Gasteiger partial charge on any atom is 0.254 e. The number of ketones is 1. The molecule has 1 aliphatic rings.